The lowest BCUT2D eigenvalue weighted by atomic mass is 10.5. The molecule has 9 heteroatoms. The van der Waals surface area contributed by atoms with Crippen molar-refractivity contribution in [2.24, 2.45) is 0 Å². The topological polar surface area (TPSA) is 86.5 Å². The fourth-order valence-corrected chi connectivity index (χ4v) is 2.30. The molecule has 0 amide bonds. The average Bonchev–Trinajstić information content (AvgIpc) is 2.62. The van der Waals surface area contributed by atoms with Crippen molar-refractivity contribution in [2.75, 3.05) is 6.61 Å². The molecule has 0 spiro atoms. The van der Waals surface area contributed by atoms with Crippen LogP contribution in [0.5, 0.6) is 0 Å². The number of nitrogens with zero attached hydrogens (tertiary/aromatic N) is 4. The number of hydrogen-bond acceptors (Lipinski definition) is 6. The van der Waals surface area contributed by atoms with Crippen LogP contribution in [0.15, 0.2) is 11.2 Å². The van der Waals surface area contributed by atoms with E-state index in [2.05, 4.69) is 19.2 Å². The molecule has 0 N–H and O–H groups in total. The highest BCUT2D eigenvalue weighted by Crippen LogP contribution is 2.14. The smallest absolute Gasteiger partial charge is 0.264 e. The largest absolute Gasteiger partial charge is 0.334 e. The molecule has 2 aromatic heterocycles. The summed E-state index contributed by atoms with van der Waals surface area (Å²) < 4.78 is 28.9. The Balaban J connectivity index is 2.63. The molecule has 0 saturated carbocycles. The van der Waals surface area contributed by atoms with Crippen molar-refractivity contribution >= 4 is 27.5 Å². The minimum Gasteiger partial charge on any atom is -0.264 e. The fourth-order valence-electron chi connectivity index (χ4n) is 1.24. The standard InChI is InChI=1S/C8H9ClN4O3S/c1-3-16-17(14,15)8-11-7-10-5(2)4-6(9)13(7)12-8/h4H,3H2,1-2H3. The van der Waals surface area contributed by atoms with E-state index in [0.717, 1.165) is 4.52 Å². The van der Waals surface area contributed by atoms with Crippen LogP contribution in [0.4, 0.5) is 0 Å². The second-order valence-electron chi connectivity index (χ2n) is 3.19. The Morgan fingerprint density at radius 3 is 2.82 bits per heavy atom. The van der Waals surface area contributed by atoms with Crippen LogP contribution >= 0.6 is 11.6 Å². The third-order valence-electron chi connectivity index (χ3n) is 1.87. The van der Waals surface area contributed by atoms with Gasteiger partial charge < -0.3 is 0 Å². The number of hydrogen-bond donors (Lipinski definition) is 0. The van der Waals surface area contributed by atoms with Gasteiger partial charge in [0, 0.05) is 5.69 Å². The molecule has 2 heterocycles. The normalized spacial score (nSPS) is 12.2. The van der Waals surface area contributed by atoms with E-state index in [1.165, 1.54) is 0 Å². The molecule has 0 aliphatic heterocycles. The van der Waals surface area contributed by atoms with E-state index in [1.54, 1.807) is 19.9 Å². The molecule has 0 bridgehead atoms. The van der Waals surface area contributed by atoms with Crippen molar-refractivity contribution < 1.29 is 12.6 Å². The molecule has 0 aliphatic rings. The highest BCUT2D eigenvalue weighted by atomic mass is 35.5. The van der Waals surface area contributed by atoms with Crippen molar-refractivity contribution in [2.45, 2.75) is 19.0 Å². The molecule has 2 rings (SSSR count). The van der Waals surface area contributed by atoms with Crippen LogP contribution < -0.4 is 0 Å². The molecule has 0 aliphatic carbocycles. The molecular weight excluding hydrogens is 268 g/mol. The predicted octanol–water partition coefficient (Wildman–Crippen LogP) is 0.811. The SMILES string of the molecule is CCOS(=O)(=O)c1nc2nc(C)cc(Cl)n2n1. The summed E-state index contributed by atoms with van der Waals surface area (Å²) in [6.45, 7) is 3.29. The van der Waals surface area contributed by atoms with E-state index >= 15 is 0 Å². The average molecular weight is 277 g/mol. The molecule has 92 valence electrons. The van der Waals surface area contributed by atoms with Crippen molar-refractivity contribution in [3.05, 3.63) is 16.9 Å². The van der Waals surface area contributed by atoms with E-state index in [-0.39, 0.29) is 17.5 Å². The Kier molecular flexibility index (Phi) is 3.02. The number of fused-ring (bicyclic) bond motifs is 1. The van der Waals surface area contributed by atoms with Gasteiger partial charge in [0.1, 0.15) is 5.15 Å². The third kappa shape index (κ3) is 2.24. The number of aryl methyl sites for hydroxylation is 1. The van der Waals surface area contributed by atoms with Crippen LogP contribution in [0.2, 0.25) is 5.15 Å². The van der Waals surface area contributed by atoms with Crippen LogP contribution in [0.25, 0.3) is 5.78 Å². The van der Waals surface area contributed by atoms with Crippen LogP contribution in [-0.2, 0) is 14.3 Å². The van der Waals surface area contributed by atoms with Gasteiger partial charge in [-0.25, -0.2) is 4.98 Å². The Bertz CT molecular complexity index is 667. The summed E-state index contributed by atoms with van der Waals surface area (Å²) in [6.07, 6.45) is 0. The van der Waals surface area contributed by atoms with Gasteiger partial charge >= 0.3 is 10.1 Å². The van der Waals surface area contributed by atoms with E-state index in [4.69, 9.17) is 11.6 Å². The van der Waals surface area contributed by atoms with Crippen molar-refractivity contribution in [1.29, 1.82) is 0 Å². The quantitative estimate of drug-likeness (QED) is 0.609. The summed E-state index contributed by atoms with van der Waals surface area (Å²) in [5, 5.41) is 3.53. The Morgan fingerprint density at radius 1 is 1.47 bits per heavy atom. The summed E-state index contributed by atoms with van der Waals surface area (Å²) >= 11 is 5.89. The van der Waals surface area contributed by atoms with E-state index in [9.17, 15) is 8.42 Å². The first-order valence-corrected chi connectivity index (χ1v) is 6.52. The molecule has 0 saturated heterocycles. The molecule has 0 radical (unpaired) electrons. The summed E-state index contributed by atoms with van der Waals surface area (Å²) in [5.41, 5.74) is 0.621. The van der Waals surface area contributed by atoms with Crippen LogP contribution in [-0.4, -0.2) is 34.6 Å². The Morgan fingerprint density at radius 2 is 2.18 bits per heavy atom. The maximum Gasteiger partial charge on any atom is 0.334 e. The zero-order valence-corrected chi connectivity index (χ0v) is 10.7. The van der Waals surface area contributed by atoms with Gasteiger partial charge in [0.2, 0.25) is 0 Å². The fraction of sp³-hybridized carbons (Fsp3) is 0.375. The number of rotatable bonds is 3. The molecule has 0 aromatic carbocycles. The molecule has 7 nitrogen and oxygen atoms in total. The lowest BCUT2D eigenvalue weighted by Crippen LogP contribution is -2.08. The summed E-state index contributed by atoms with van der Waals surface area (Å²) in [6, 6.07) is 1.56. The minimum atomic E-state index is -3.94. The zero-order chi connectivity index (χ0) is 12.6. The monoisotopic (exact) mass is 276 g/mol. The second-order valence-corrected chi connectivity index (χ2v) is 5.08. The number of aromatic nitrogens is 4. The maximum atomic E-state index is 11.6. The van der Waals surface area contributed by atoms with Gasteiger partial charge in [-0.2, -0.15) is 17.9 Å². The van der Waals surface area contributed by atoms with Gasteiger partial charge in [-0.05, 0) is 19.9 Å². The van der Waals surface area contributed by atoms with Gasteiger partial charge in [0.05, 0.1) is 6.61 Å². The van der Waals surface area contributed by atoms with Crippen LogP contribution in [0.1, 0.15) is 12.6 Å². The van der Waals surface area contributed by atoms with Gasteiger partial charge in [-0.1, -0.05) is 11.6 Å². The van der Waals surface area contributed by atoms with Crippen molar-refractivity contribution in [3.8, 4) is 0 Å². The summed E-state index contributed by atoms with van der Waals surface area (Å²) in [7, 11) is -3.94. The summed E-state index contributed by atoms with van der Waals surface area (Å²) in [4.78, 5) is 7.78. The van der Waals surface area contributed by atoms with Gasteiger partial charge in [-0.15, -0.1) is 5.10 Å². The highest BCUT2D eigenvalue weighted by molar-refractivity contribution is 7.86. The molecule has 0 fully saturated rings. The summed E-state index contributed by atoms with van der Waals surface area (Å²) in [5.74, 6) is 0.119. The van der Waals surface area contributed by atoms with Gasteiger partial charge in [0.25, 0.3) is 10.9 Å². The van der Waals surface area contributed by atoms with E-state index in [1.807, 2.05) is 0 Å². The Hall–Kier alpha value is -1.25. The predicted molar refractivity (Wildman–Crippen MR) is 59.3 cm³/mol. The van der Waals surface area contributed by atoms with Gasteiger partial charge in [-0.3, -0.25) is 4.18 Å². The zero-order valence-electron chi connectivity index (χ0n) is 9.08. The lowest BCUT2D eigenvalue weighted by Gasteiger charge is -1.96. The molecule has 0 atom stereocenters. The van der Waals surface area contributed by atoms with Crippen molar-refractivity contribution in [3.63, 3.8) is 0 Å². The van der Waals surface area contributed by atoms with Crippen LogP contribution in [0, 0.1) is 6.92 Å². The molecule has 17 heavy (non-hydrogen) atoms. The van der Waals surface area contributed by atoms with Gasteiger partial charge in [0.15, 0.2) is 0 Å². The minimum absolute atomic E-state index is 0.0120. The first-order chi connectivity index (χ1) is 7.94. The van der Waals surface area contributed by atoms with Crippen molar-refractivity contribution in [1.82, 2.24) is 19.6 Å². The Labute approximate surface area is 103 Å². The molecular formula is C8H9ClN4O3S. The first kappa shape index (κ1) is 12.2. The highest BCUT2D eigenvalue weighted by Gasteiger charge is 2.22. The molecule has 0 unspecified atom stereocenters. The third-order valence-corrected chi connectivity index (χ3v) is 3.31. The van der Waals surface area contributed by atoms with E-state index < -0.39 is 15.3 Å². The molecule has 2 aromatic rings. The first-order valence-electron chi connectivity index (χ1n) is 4.73. The number of halogens is 1. The van der Waals surface area contributed by atoms with E-state index in [0.29, 0.717) is 5.69 Å². The lowest BCUT2D eigenvalue weighted by molar-refractivity contribution is 0.334. The maximum absolute atomic E-state index is 11.6. The van der Waals surface area contributed by atoms with Crippen LogP contribution in [0.3, 0.4) is 0 Å². The second kappa shape index (κ2) is 4.21.